The van der Waals surface area contributed by atoms with Gasteiger partial charge in [-0.2, -0.15) is 0 Å². The van der Waals surface area contributed by atoms with Crippen LogP contribution in [0.25, 0.3) is 0 Å². The Kier molecular flexibility index (Phi) is 4.25. The van der Waals surface area contributed by atoms with E-state index in [0.29, 0.717) is 24.4 Å². The molecule has 1 aliphatic heterocycles. The number of piperidine rings is 1. The van der Waals surface area contributed by atoms with Crippen LogP contribution in [0.2, 0.25) is 0 Å². The van der Waals surface area contributed by atoms with Crippen molar-refractivity contribution in [2.24, 2.45) is 5.92 Å². The maximum Gasteiger partial charge on any atom is 0.415 e. The van der Waals surface area contributed by atoms with E-state index >= 15 is 0 Å². The molecule has 96 valence electrons. The second-order valence-corrected chi connectivity index (χ2v) is 5.80. The lowest BCUT2D eigenvalue weighted by atomic mass is 9.93. The molecule has 0 aliphatic carbocycles. The van der Waals surface area contributed by atoms with Gasteiger partial charge in [0.2, 0.25) is 0 Å². The van der Waals surface area contributed by atoms with Gasteiger partial charge < -0.3 is 4.74 Å². The number of hydrogen-bond donors (Lipinski definition) is 0. The average Bonchev–Trinajstić information content (AvgIpc) is 2.14. The van der Waals surface area contributed by atoms with Gasteiger partial charge in [-0.3, -0.25) is 9.69 Å². The van der Waals surface area contributed by atoms with Crippen molar-refractivity contribution in [2.75, 3.05) is 6.54 Å². The van der Waals surface area contributed by atoms with E-state index in [1.165, 1.54) is 4.90 Å². The first-order valence-electron chi connectivity index (χ1n) is 5.74. The number of likely N-dealkylation sites (tertiary alicyclic amines) is 1. The van der Waals surface area contributed by atoms with Crippen molar-refractivity contribution < 1.29 is 14.3 Å². The van der Waals surface area contributed by atoms with Crippen LogP contribution in [0.15, 0.2) is 0 Å². The van der Waals surface area contributed by atoms with E-state index in [1.54, 1.807) is 6.92 Å². The van der Waals surface area contributed by atoms with Crippen LogP contribution in [0.1, 0.15) is 40.5 Å². The fraction of sp³-hybridized carbons (Fsp3) is 0.750. The summed E-state index contributed by atoms with van der Waals surface area (Å²) in [6.07, 6.45) is 0.725. The zero-order chi connectivity index (χ0) is 13.2. The van der Waals surface area contributed by atoms with E-state index in [4.69, 9.17) is 17.0 Å². The Labute approximate surface area is 107 Å². The molecule has 1 amide bonds. The highest BCUT2D eigenvalue weighted by atomic mass is 32.1. The monoisotopic (exact) mass is 257 g/mol. The molecule has 0 aromatic rings. The summed E-state index contributed by atoms with van der Waals surface area (Å²) in [7, 11) is 0. The average molecular weight is 257 g/mol. The Bertz CT molecular complexity index is 346. The molecule has 1 aliphatic rings. The number of hydrogen-bond acceptors (Lipinski definition) is 4. The number of amides is 1. The van der Waals surface area contributed by atoms with E-state index < -0.39 is 11.7 Å². The van der Waals surface area contributed by atoms with E-state index in [-0.39, 0.29) is 11.7 Å². The summed E-state index contributed by atoms with van der Waals surface area (Å²) in [5.41, 5.74) is -0.524. The fourth-order valence-electron chi connectivity index (χ4n) is 1.69. The minimum atomic E-state index is -0.524. The molecule has 0 saturated carbocycles. The molecule has 17 heavy (non-hydrogen) atoms. The number of thiocarbonyl (C=S) groups is 1. The first kappa shape index (κ1) is 14.1. The van der Waals surface area contributed by atoms with Crippen molar-refractivity contribution in [3.8, 4) is 0 Å². The number of carbonyl (C=O) groups is 2. The van der Waals surface area contributed by atoms with Crippen molar-refractivity contribution >= 4 is 29.1 Å². The van der Waals surface area contributed by atoms with Crippen LogP contribution in [0.3, 0.4) is 0 Å². The Balaban J connectivity index is 2.61. The minimum Gasteiger partial charge on any atom is -0.443 e. The quantitative estimate of drug-likeness (QED) is 0.677. The SMILES string of the molecule is CC(=O)C1CCN(C(=O)OC(C)(C)C)C(=S)C1. The van der Waals surface area contributed by atoms with Gasteiger partial charge in [0.25, 0.3) is 0 Å². The van der Waals surface area contributed by atoms with Crippen molar-refractivity contribution in [2.45, 2.75) is 46.1 Å². The largest absolute Gasteiger partial charge is 0.443 e. The summed E-state index contributed by atoms with van der Waals surface area (Å²) in [4.78, 5) is 25.1. The molecule has 0 aromatic heterocycles. The molecule has 0 aromatic carbocycles. The van der Waals surface area contributed by atoms with Gasteiger partial charge in [0.1, 0.15) is 11.4 Å². The third kappa shape index (κ3) is 4.07. The molecule has 0 radical (unpaired) electrons. The van der Waals surface area contributed by atoms with Gasteiger partial charge in [0.05, 0.1) is 4.99 Å². The maximum absolute atomic E-state index is 11.8. The van der Waals surface area contributed by atoms with Gasteiger partial charge in [-0.15, -0.1) is 0 Å². The molecule has 5 heteroatoms. The van der Waals surface area contributed by atoms with Gasteiger partial charge in [-0.25, -0.2) is 4.79 Å². The number of ether oxygens (including phenoxy) is 1. The van der Waals surface area contributed by atoms with Gasteiger partial charge in [0.15, 0.2) is 0 Å². The van der Waals surface area contributed by atoms with Gasteiger partial charge in [0, 0.05) is 18.9 Å². The molecule has 1 fully saturated rings. The summed E-state index contributed by atoms with van der Waals surface area (Å²) in [6, 6.07) is 0. The number of carbonyl (C=O) groups excluding carboxylic acids is 2. The summed E-state index contributed by atoms with van der Waals surface area (Å²) in [5.74, 6) is 0.0948. The van der Waals surface area contributed by atoms with Crippen molar-refractivity contribution in [1.29, 1.82) is 0 Å². The van der Waals surface area contributed by atoms with Crippen molar-refractivity contribution in [3.63, 3.8) is 0 Å². The van der Waals surface area contributed by atoms with Crippen molar-refractivity contribution in [1.82, 2.24) is 4.90 Å². The second kappa shape index (κ2) is 5.12. The molecule has 1 saturated heterocycles. The van der Waals surface area contributed by atoms with Gasteiger partial charge in [-0.05, 0) is 34.1 Å². The molecule has 1 heterocycles. The molecule has 1 unspecified atom stereocenters. The summed E-state index contributed by atoms with van der Waals surface area (Å²) in [6.45, 7) is 7.48. The number of Topliss-reactive ketones (excluding diaryl/α,β-unsaturated/α-hetero) is 1. The fourth-order valence-corrected chi connectivity index (χ4v) is 2.06. The van der Waals surface area contributed by atoms with Crippen LogP contribution in [0.4, 0.5) is 4.79 Å². The lowest BCUT2D eigenvalue weighted by Crippen LogP contribution is -2.45. The zero-order valence-corrected chi connectivity index (χ0v) is 11.6. The summed E-state index contributed by atoms with van der Waals surface area (Å²) >= 11 is 5.16. The smallest absolute Gasteiger partial charge is 0.415 e. The maximum atomic E-state index is 11.8. The first-order valence-corrected chi connectivity index (χ1v) is 6.15. The van der Waals surface area contributed by atoms with Crippen LogP contribution < -0.4 is 0 Å². The second-order valence-electron chi connectivity index (χ2n) is 5.33. The molecule has 0 N–H and O–H groups in total. The predicted octanol–water partition coefficient (Wildman–Crippen LogP) is 2.55. The van der Waals surface area contributed by atoms with Gasteiger partial charge >= 0.3 is 6.09 Å². The number of rotatable bonds is 1. The van der Waals surface area contributed by atoms with Crippen LogP contribution >= 0.6 is 12.2 Å². The van der Waals surface area contributed by atoms with E-state index in [9.17, 15) is 9.59 Å². The molecule has 4 nitrogen and oxygen atoms in total. The minimum absolute atomic E-state index is 0.0406. The van der Waals surface area contributed by atoms with Crippen LogP contribution in [0.5, 0.6) is 0 Å². The molecular formula is C12H19NO3S. The van der Waals surface area contributed by atoms with E-state index in [1.807, 2.05) is 20.8 Å². The molecule has 1 atom stereocenters. The Morgan fingerprint density at radius 1 is 1.41 bits per heavy atom. The lowest BCUT2D eigenvalue weighted by molar-refractivity contribution is -0.121. The van der Waals surface area contributed by atoms with Gasteiger partial charge in [-0.1, -0.05) is 12.2 Å². The Hall–Kier alpha value is -0.970. The highest BCUT2D eigenvalue weighted by Gasteiger charge is 2.31. The molecular weight excluding hydrogens is 238 g/mol. The predicted molar refractivity (Wildman–Crippen MR) is 68.9 cm³/mol. The highest BCUT2D eigenvalue weighted by Crippen LogP contribution is 2.22. The molecule has 0 spiro atoms. The zero-order valence-electron chi connectivity index (χ0n) is 10.8. The van der Waals surface area contributed by atoms with E-state index in [0.717, 1.165) is 0 Å². The topological polar surface area (TPSA) is 46.6 Å². The third-order valence-corrected chi connectivity index (χ3v) is 3.00. The number of ketones is 1. The van der Waals surface area contributed by atoms with Crippen LogP contribution in [-0.4, -0.2) is 33.9 Å². The Morgan fingerprint density at radius 3 is 2.41 bits per heavy atom. The standard InChI is InChI=1S/C12H19NO3S/c1-8(14)9-5-6-13(10(17)7-9)11(15)16-12(2,3)4/h9H,5-7H2,1-4H3. The highest BCUT2D eigenvalue weighted by molar-refractivity contribution is 7.80. The number of nitrogens with zero attached hydrogens (tertiary/aromatic N) is 1. The molecule has 0 bridgehead atoms. The molecule has 1 rings (SSSR count). The van der Waals surface area contributed by atoms with Crippen molar-refractivity contribution in [3.05, 3.63) is 0 Å². The first-order chi connectivity index (χ1) is 7.70. The normalized spacial score (nSPS) is 21.3. The van der Waals surface area contributed by atoms with Crippen LogP contribution in [-0.2, 0) is 9.53 Å². The van der Waals surface area contributed by atoms with Crippen LogP contribution in [0, 0.1) is 5.92 Å². The summed E-state index contributed by atoms with van der Waals surface area (Å²) < 4.78 is 5.26. The van der Waals surface area contributed by atoms with E-state index in [2.05, 4.69) is 0 Å². The Morgan fingerprint density at radius 2 is 2.00 bits per heavy atom. The summed E-state index contributed by atoms with van der Waals surface area (Å²) in [5, 5.41) is 0. The third-order valence-electron chi connectivity index (χ3n) is 2.61. The lowest BCUT2D eigenvalue weighted by Gasteiger charge is -2.33.